The second-order valence-corrected chi connectivity index (χ2v) is 10.5. The van der Waals surface area contributed by atoms with Gasteiger partial charge < -0.3 is 24.7 Å². The highest BCUT2D eigenvalue weighted by Crippen LogP contribution is 2.64. The number of halogens is 1. The largest absolute Gasteiger partial charge is 0.481 e. The summed E-state index contributed by atoms with van der Waals surface area (Å²) >= 11 is 6.55. The lowest BCUT2D eigenvalue weighted by atomic mass is 9.65. The molecule has 3 fully saturated rings. The normalized spacial score (nSPS) is 30.5. The van der Waals surface area contributed by atoms with Crippen LogP contribution in [0.15, 0.2) is 30.9 Å². The number of carbonyl (C=O) groups is 3. The third kappa shape index (κ3) is 3.94. The van der Waals surface area contributed by atoms with Crippen LogP contribution in [0.3, 0.4) is 0 Å². The van der Waals surface area contributed by atoms with Crippen molar-refractivity contribution in [2.24, 2.45) is 11.8 Å². The van der Waals surface area contributed by atoms with Gasteiger partial charge in [-0.05, 0) is 57.1 Å². The Morgan fingerprint density at radius 3 is 2.67 bits per heavy atom. The van der Waals surface area contributed by atoms with Gasteiger partial charge in [0.25, 0.3) is 5.91 Å². The quantitative estimate of drug-likeness (QED) is 0.342. The Morgan fingerprint density at radius 1 is 1.31 bits per heavy atom. The van der Waals surface area contributed by atoms with E-state index in [4.69, 9.17) is 16.3 Å². The Morgan fingerprint density at radius 2 is 2.06 bits per heavy atom. The molecule has 0 aromatic heterocycles. The Bertz CT molecular complexity index is 1040. The number of aliphatic hydroxyl groups excluding tert-OH is 1. The first-order valence-electron chi connectivity index (χ1n) is 12.7. The first-order chi connectivity index (χ1) is 17.2. The van der Waals surface area contributed by atoms with E-state index in [1.54, 1.807) is 17.0 Å². The smallest absolute Gasteiger partial charge is 0.310 e. The summed E-state index contributed by atoms with van der Waals surface area (Å²) in [6, 6.07) is 4.41. The van der Waals surface area contributed by atoms with E-state index in [1.165, 1.54) is 4.90 Å². The number of nitrogens with zero attached hydrogens (tertiary/aromatic N) is 2. The molecule has 0 saturated carbocycles. The number of hydrogen-bond acceptors (Lipinski definition) is 5. The number of carbonyl (C=O) groups excluding carboxylic acids is 2. The number of rotatable bonds is 11. The molecule has 196 valence electrons. The zero-order chi connectivity index (χ0) is 26.3. The minimum atomic E-state index is -1.21. The van der Waals surface area contributed by atoms with Gasteiger partial charge in [-0.1, -0.05) is 36.7 Å². The molecule has 3 saturated heterocycles. The predicted octanol–water partition coefficient (Wildman–Crippen LogP) is 3.57. The standard InChI is InChI=1S/C27H35ClN2O6/c1-4-14-29(21-17(3)10-9-11-18(21)28)24(33)22-27-13-12-26(5-2,36-27)20(25(34)35)19(27)23(32)30(22)15-7-6-8-16-31/h4,9-11,19-20,22,31H,1,5-8,12-16H2,2-3H3,(H,34,35)/t19-,20-,22?,26+,27?/m0/s1. The molecule has 2 N–H and O–H groups in total. The number of para-hydroxylation sites is 1. The van der Waals surface area contributed by atoms with Crippen molar-refractivity contribution in [1.82, 2.24) is 4.90 Å². The Labute approximate surface area is 216 Å². The molecular formula is C27H35ClN2O6. The van der Waals surface area contributed by atoms with E-state index in [0.717, 1.165) is 5.56 Å². The van der Waals surface area contributed by atoms with Gasteiger partial charge in [0, 0.05) is 19.7 Å². The molecule has 2 unspecified atom stereocenters. The van der Waals surface area contributed by atoms with E-state index in [1.807, 2.05) is 26.0 Å². The van der Waals surface area contributed by atoms with Crippen molar-refractivity contribution in [1.29, 1.82) is 0 Å². The molecule has 1 aromatic rings. The first kappa shape index (κ1) is 26.6. The number of benzene rings is 1. The molecule has 3 heterocycles. The number of carboxylic acid groups (broad SMARTS) is 1. The topological polar surface area (TPSA) is 107 Å². The van der Waals surface area contributed by atoms with Gasteiger partial charge >= 0.3 is 5.97 Å². The highest BCUT2D eigenvalue weighted by molar-refractivity contribution is 6.34. The first-order valence-corrected chi connectivity index (χ1v) is 13.1. The summed E-state index contributed by atoms with van der Waals surface area (Å²) in [6.45, 7) is 8.06. The Hall–Kier alpha value is -2.42. The van der Waals surface area contributed by atoms with Gasteiger partial charge in [-0.2, -0.15) is 0 Å². The number of hydrogen-bond donors (Lipinski definition) is 2. The third-order valence-corrected chi connectivity index (χ3v) is 8.58. The van der Waals surface area contributed by atoms with Crippen LogP contribution in [0.25, 0.3) is 0 Å². The minimum Gasteiger partial charge on any atom is -0.481 e. The fraction of sp³-hybridized carbons (Fsp3) is 0.593. The van der Waals surface area contributed by atoms with Crippen molar-refractivity contribution in [2.75, 3.05) is 24.6 Å². The predicted molar refractivity (Wildman–Crippen MR) is 136 cm³/mol. The summed E-state index contributed by atoms with van der Waals surface area (Å²) in [5, 5.41) is 19.8. The van der Waals surface area contributed by atoms with Crippen molar-refractivity contribution in [3.63, 3.8) is 0 Å². The molecule has 36 heavy (non-hydrogen) atoms. The van der Waals surface area contributed by atoms with Crippen LogP contribution < -0.4 is 4.90 Å². The molecule has 2 bridgehead atoms. The summed E-state index contributed by atoms with van der Waals surface area (Å²) in [4.78, 5) is 43.9. The lowest BCUT2D eigenvalue weighted by molar-refractivity contribution is -0.155. The fourth-order valence-electron chi connectivity index (χ4n) is 6.72. The summed E-state index contributed by atoms with van der Waals surface area (Å²) in [6.07, 6.45) is 4.84. The van der Waals surface area contributed by atoms with E-state index in [-0.39, 0.29) is 31.5 Å². The van der Waals surface area contributed by atoms with Crippen LogP contribution in [-0.4, -0.2) is 69.8 Å². The Balaban J connectivity index is 1.81. The molecule has 5 atom stereocenters. The van der Waals surface area contributed by atoms with E-state index in [0.29, 0.717) is 49.2 Å². The van der Waals surface area contributed by atoms with Crippen LogP contribution in [-0.2, 0) is 19.1 Å². The molecule has 1 aromatic carbocycles. The lowest BCUT2D eigenvalue weighted by Gasteiger charge is -2.37. The highest BCUT2D eigenvalue weighted by Gasteiger charge is 2.79. The molecule has 0 radical (unpaired) electrons. The van der Waals surface area contributed by atoms with Crippen molar-refractivity contribution >= 4 is 35.1 Å². The van der Waals surface area contributed by atoms with E-state index in [9.17, 15) is 24.6 Å². The van der Waals surface area contributed by atoms with Crippen LogP contribution in [0.1, 0.15) is 51.0 Å². The zero-order valence-corrected chi connectivity index (χ0v) is 21.7. The second-order valence-electron chi connectivity index (χ2n) is 10.1. The molecule has 0 aliphatic carbocycles. The minimum absolute atomic E-state index is 0.0466. The average Bonchev–Trinajstić information content (AvgIpc) is 3.44. The fourth-order valence-corrected chi connectivity index (χ4v) is 7.04. The number of unbranched alkanes of at least 4 members (excludes halogenated alkanes) is 2. The van der Waals surface area contributed by atoms with Crippen molar-refractivity contribution < 1.29 is 29.3 Å². The van der Waals surface area contributed by atoms with Crippen molar-refractivity contribution in [3.8, 4) is 0 Å². The number of likely N-dealkylation sites (tertiary alicyclic amines) is 1. The molecule has 3 aliphatic heterocycles. The molecule has 2 amide bonds. The number of ether oxygens (including phenoxy) is 1. The lowest BCUT2D eigenvalue weighted by Crippen LogP contribution is -2.56. The number of fused-ring (bicyclic) bond motifs is 1. The average molecular weight is 519 g/mol. The van der Waals surface area contributed by atoms with Gasteiger partial charge in [-0.3, -0.25) is 14.4 Å². The number of aliphatic carboxylic acids is 1. The maximum atomic E-state index is 14.4. The SMILES string of the molecule is C=CCN(C(=O)C1N(CCCCCO)C(=O)[C@@H]2[C@@H](C(=O)O)[C@@]3(CC)CCC12O3)c1c(C)cccc1Cl. The Kier molecular flexibility index (Phi) is 7.51. The summed E-state index contributed by atoms with van der Waals surface area (Å²) in [5.41, 5.74) is -0.824. The molecule has 8 nitrogen and oxygen atoms in total. The number of carboxylic acids is 1. The van der Waals surface area contributed by atoms with Crippen LogP contribution in [0.5, 0.6) is 0 Å². The molecule has 1 spiro atoms. The molecular weight excluding hydrogens is 484 g/mol. The van der Waals surface area contributed by atoms with Gasteiger partial charge in [0.05, 0.1) is 22.2 Å². The summed E-state index contributed by atoms with van der Waals surface area (Å²) in [5.74, 6) is -3.67. The molecule has 9 heteroatoms. The van der Waals surface area contributed by atoms with Crippen molar-refractivity contribution in [2.45, 2.75) is 69.6 Å². The van der Waals surface area contributed by atoms with Gasteiger partial charge in [-0.15, -0.1) is 6.58 Å². The zero-order valence-electron chi connectivity index (χ0n) is 20.9. The maximum absolute atomic E-state index is 14.4. The summed E-state index contributed by atoms with van der Waals surface area (Å²) in [7, 11) is 0. The monoisotopic (exact) mass is 518 g/mol. The van der Waals surface area contributed by atoms with Gasteiger partial charge in [0.1, 0.15) is 17.6 Å². The maximum Gasteiger partial charge on any atom is 0.310 e. The van der Waals surface area contributed by atoms with Gasteiger partial charge in [-0.25, -0.2) is 0 Å². The van der Waals surface area contributed by atoms with E-state index >= 15 is 0 Å². The number of aryl methyl sites for hydroxylation is 1. The van der Waals surface area contributed by atoms with Crippen LogP contribution in [0.4, 0.5) is 5.69 Å². The number of aliphatic hydroxyl groups is 1. The van der Waals surface area contributed by atoms with Gasteiger partial charge in [0.15, 0.2) is 0 Å². The van der Waals surface area contributed by atoms with Crippen LogP contribution in [0.2, 0.25) is 5.02 Å². The van der Waals surface area contributed by atoms with E-state index < -0.39 is 35.0 Å². The summed E-state index contributed by atoms with van der Waals surface area (Å²) < 4.78 is 6.59. The molecule has 4 rings (SSSR count). The van der Waals surface area contributed by atoms with E-state index in [2.05, 4.69) is 6.58 Å². The van der Waals surface area contributed by atoms with Crippen molar-refractivity contribution in [3.05, 3.63) is 41.4 Å². The third-order valence-electron chi connectivity index (χ3n) is 8.27. The van der Waals surface area contributed by atoms with Crippen LogP contribution >= 0.6 is 11.6 Å². The number of anilines is 1. The molecule has 3 aliphatic rings. The highest BCUT2D eigenvalue weighted by atomic mass is 35.5. The van der Waals surface area contributed by atoms with Gasteiger partial charge in [0.2, 0.25) is 5.91 Å². The number of amides is 2. The second kappa shape index (κ2) is 10.1. The van der Waals surface area contributed by atoms with Crippen LogP contribution in [0, 0.1) is 18.8 Å².